The van der Waals surface area contributed by atoms with Crippen molar-refractivity contribution >= 4 is 0 Å². The first kappa shape index (κ1) is 13.3. The lowest BCUT2D eigenvalue weighted by Crippen LogP contribution is -2.03. The Balaban J connectivity index is 1.85. The summed E-state index contributed by atoms with van der Waals surface area (Å²) in [6.07, 6.45) is 2.21. The van der Waals surface area contributed by atoms with Gasteiger partial charge in [-0.3, -0.25) is 0 Å². The van der Waals surface area contributed by atoms with Crippen LogP contribution < -0.4 is 0 Å². The molecule has 0 saturated heterocycles. The predicted octanol–water partition coefficient (Wildman–Crippen LogP) is 5.80. The van der Waals surface area contributed by atoms with Crippen molar-refractivity contribution in [2.75, 3.05) is 0 Å². The van der Waals surface area contributed by atoms with Crippen LogP contribution in [0.15, 0.2) is 72.8 Å². The van der Waals surface area contributed by atoms with Crippen molar-refractivity contribution in [1.82, 2.24) is 0 Å². The van der Waals surface area contributed by atoms with E-state index in [1.165, 1.54) is 33.4 Å². The lowest BCUT2D eigenvalue weighted by atomic mass is 9.85. The fourth-order valence-electron chi connectivity index (χ4n) is 3.83. The second-order valence-corrected chi connectivity index (χ2v) is 6.08. The highest BCUT2D eigenvalue weighted by Crippen LogP contribution is 2.42. The SMILES string of the molecule is CCC(c1ccccc1)c1cccc2c1Cc1ccccc1-2. The molecule has 0 aromatic heterocycles. The van der Waals surface area contributed by atoms with E-state index in [0.29, 0.717) is 5.92 Å². The van der Waals surface area contributed by atoms with E-state index in [2.05, 4.69) is 79.7 Å². The Morgan fingerprint density at radius 1 is 0.773 bits per heavy atom. The van der Waals surface area contributed by atoms with Gasteiger partial charge in [-0.2, -0.15) is 0 Å². The van der Waals surface area contributed by atoms with Crippen LogP contribution in [0.4, 0.5) is 0 Å². The van der Waals surface area contributed by atoms with Gasteiger partial charge in [-0.1, -0.05) is 79.7 Å². The van der Waals surface area contributed by atoms with E-state index in [1.54, 1.807) is 0 Å². The minimum absolute atomic E-state index is 0.491. The Morgan fingerprint density at radius 3 is 2.32 bits per heavy atom. The molecule has 1 aliphatic rings. The second kappa shape index (κ2) is 5.46. The topological polar surface area (TPSA) is 0 Å². The molecule has 0 radical (unpaired) electrons. The lowest BCUT2D eigenvalue weighted by molar-refractivity contribution is 0.769. The van der Waals surface area contributed by atoms with Crippen molar-refractivity contribution in [3.05, 3.63) is 95.1 Å². The van der Waals surface area contributed by atoms with E-state index in [1.807, 2.05) is 0 Å². The third-order valence-corrected chi connectivity index (χ3v) is 4.87. The molecule has 0 heteroatoms. The first-order valence-corrected chi connectivity index (χ1v) is 8.13. The molecule has 108 valence electrons. The van der Waals surface area contributed by atoms with Crippen molar-refractivity contribution in [2.45, 2.75) is 25.7 Å². The van der Waals surface area contributed by atoms with Crippen LogP contribution in [0, 0.1) is 0 Å². The van der Waals surface area contributed by atoms with Crippen molar-refractivity contribution in [2.24, 2.45) is 0 Å². The fraction of sp³-hybridized carbons (Fsp3) is 0.182. The number of hydrogen-bond acceptors (Lipinski definition) is 0. The summed E-state index contributed by atoms with van der Waals surface area (Å²) in [4.78, 5) is 0. The molecule has 0 fully saturated rings. The Labute approximate surface area is 132 Å². The molecular formula is C22H20. The zero-order valence-corrected chi connectivity index (χ0v) is 12.9. The van der Waals surface area contributed by atoms with Gasteiger partial charge >= 0.3 is 0 Å². The lowest BCUT2D eigenvalue weighted by Gasteiger charge is -2.19. The van der Waals surface area contributed by atoms with Gasteiger partial charge in [-0.25, -0.2) is 0 Å². The van der Waals surface area contributed by atoms with E-state index >= 15 is 0 Å². The molecule has 0 N–H and O–H groups in total. The molecule has 0 saturated carbocycles. The number of benzene rings is 3. The summed E-state index contributed by atoms with van der Waals surface area (Å²) in [5.41, 5.74) is 8.77. The van der Waals surface area contributed by atoms with Crippen LogP contribution in [0.5, 0.6) is 0 Å². The quantitative estimate of drug-likeness (QED) is 0.446. The third kappa shape index (κ3) is 2.07. The summed E-state index contributed by atoms with van der Waals surface area (Å²) in [7, 11) is 0. The number of fused-ring (bicyclic) bond motifs is 3. The van der Waals surface area contributed by atoms with Gasteiger partial charge in [0, 0.05) is 5.92 Å². The van der Waals surface area contributed by atoms with E-state index in [9.17, 15) is 0 Å². The summed E-state index contributed by atoms with van der Waals surface area (Å²) in [5, 5.41) is 0. The number of rotatable bonds is 3. The highest BCUT2D eigenvalue weighted by Gasteiger charge is 2.24. The molecule has 3 aromatic carbocycles. The van der Waals surface area contributed by atoms with Crippen LogP contribution >= 0.6 is 0 Å². The molecule has 0 heterocycles. The largest absolute Gasteiger partial charge is 0.0645 e. The smallest absolute Gasteiger partial charge is 0.00897 e. The molecule has 0 spiro atoms. The van der Waals surface area contributed by atoms with Crippen molar-refractivity contribution in [3.8, 4) is 11.1 Å². The third-order valence-electron chi connectivity index (χ3n) is 4.87. The molecule has 0 amide bonds. The zero-order chi connectivity index (χ0) is 14.9. The molecule has 3 aromatic rings. The Kier molecular flexibility index (Phi) is 3.31. The molecule has 1 atom stereocenters. The van der Waals surface area contributed by atoms with Crippen molar-refractivity contribution in [3.63, 3.8) is 0 Å². The van der Waals surface area contributed by atoms with Crippen molar-refractivity contribution in [1.29, 1.82) is 0 Å². The summed E-state index contributed by atoms with van der Waals surface area (Å²) in [5.74, 6) is 0.491. The average Bonchev–Trinajstić information content (AvgIpc) is 2.96. The second-order valence-electron chi connectivity index (χ2n) is 6.08. The first-order valence-electron chi connectivity index (χ1n) is 8.13. The first-order chi connectivity index (χ1) is 10.9. The zero-order valence-electron chi connectivity index (χ0n) is 12.9. The molecule has 4 rings (SSSR count). The summed E-state index contributed by atoms with van der Waals surface area (Å²) < 4.78 is 0. The van der Waals surface area contributed by atoms with Crippen molar-refractivity contribution < 1.29 is 0 Å². The van der Waals surface area contributed by atoms with Gasteiger partial charge in [-0.05, 0) is 46.2 Å². The summed E-state index contributed by atoms with van der Waals surface area (Å²) >= 11 is 0. The van der Waals surface area contributed by atoms with Crippen LogP contribution in [0.25, 0.3) is 11.1 Å². The van der Waals surface area contributed by atoms with Gasteiger partial charge < -0.3 is 0 Å². The normalized spacial score (nSPS) is 13.5. The molecular weight excluding hydrogens is 264 g/mol. The maximum atomic E-state index is 2.33. The minimum atomic E-state index is 0.491. The molecule has 0 bridgehead atoms. The Bertz CT molecular complexity index is 799. The maximum absolute atomic E-state index is 2.33. The molecule has 1 unspecified atom stereocenters. The molecule has 22 heavy (non-hydrogen) atoms. The summed E-state index contributed by atoms with van der Waals surface area (Å²) in [6.45, 7) is 2.29. The molecule has 0 aliphatic heterocycles. The van der Waals surface area contributed by atoms with E-state index in [4.69, 9.17) is 0 Å². The minimum Gasteiger partial charge on any atom is -0.0645 e. The predicted molar refractivity (Wildman–Crippen MR) is 93.3 cm³/mol. The van der Waals surface area contributed by atoms with Crippen LogP contribution in [-0.2, 0) is 6.42 Å². The standard InChI is InChI=1S/C22H20/c1-2-18(16-9-4-3-5-10-16)20-13-8-14-21-19-12-7-6-11-17(19)15-22(20)21/h3-14,18H,2,15H2,1H3. The Morgan fingerprint density at radius 2 is 1.50 bits per heavy atom. The fourth-order valence-corrected chi connectivity index (χ4v) is 3.83. The average molecular weight is 284 g/mol. The van der Waals surface area contributed by atoms with E-state index in [-0.39, 0.29) is 0 Å². The van der Waals surface area contributed by atoms with Crippen LogP contribution in [0.1, 0.15) is 41.5 Å². The van der Waals surface area contributed by atoms with Crippen LogP contribution in [0.3, 0.4) is 0 Å². The maximum Gasteiger partial charge on any atom is 0.00897 e. The van der Waals surface area contributed by atoms with Crippen LogP contribution in [0.2, 0.25) is 0 Å². The highest BCUT2D eigenvalue weighted by molar-refractivity contribution is 5.78. The monoisotopic (exact) mass is 284 g/mol. The summed E-state index contributed by atoms with van der Waals surface area (Å²) in [6, 6.07) is 26.6. The van der Waals surface area contributed by atoms with Gasteiger partial charge in [0.25, 0.3) is 0 Å². The molecule has 0 nitrogen and oxygen atoms in total. The highest BCUT2D eigenvalue weighted by atomic mass is 14.3. The van der Waals surface area contributed by atoms with E-state index in [0.717, 1.165) is 12.8 Å². The van der Waals surface area contributed by atoms with E-state index < -0.39 is 0 Å². The number of hydrogen-bond donors (Lipinski definition) is 0. The van der Waals surface area contributed by atoms with Gasteiger partial charge in [0.15, 0.2) is 0 Å². The Hall–Kier alpha value is -2.34. The van der Waals surface area contributed by atoms with Gasteiger partial charge in [0.05, 0.1) is 0 Å². The van der Waals surface area contributed by atoms with Gasteiger partial charge in [-0.15, -0.1) is 0 Å². The van der Waals surface area contributed by atoms with Gasteiger partial charge in [0.2, 0.25) is 0 Å². The van der Waals surface area contributed by atoms with Gasteiger partial charge in [0.1, 0.15) is 0 Å². The van der Waals surface area contributed by atoms with Crippen LogP contribution in [-0.4, -0.2) is 0 Å². The molecule has 1 aliphatic carbocycles.